The molecule has 6 heteroatoms. The first-order chi connectivity index (χ1) is 9.32. The highest BCUT2D eigenvalue weighted by Crippen LogP contribution is 2.17. The second kappa shape index (κ2) is 6.88. The van der Waals surface area contributed by atoms with E-state index >= 15 is 0 Å². The molecule has 0 fully saturated rings. The maximum atomic E-state index is 13.6. The van der Waals surface area contributed by atoms with Crippen molar-refractivity contribution in [2.24, 2.45) is 5.92 Å². The largest absolute Gasteiger partial charge is 0.480 e. The molecule has 0 aliphatic heterocycles. The molecule has 1 atom stereocenters. The highest BCUT2D eigenvalue weighted by molar-refractivity contribution is 5.94. The minimum Gasteiger partial charge on any atom is -0.480 e. The first kappa shape index (κ1) is 15.9. The fourth-order valence-corrected chi connectivity index (χ4v) is 1.77. The minimum absolute atomic E-state index is 0.0960. The van der Waals surface area contributed by atoms with Crippen LogP contribution in [0, 0.1) is 11.7 Å². The molecule has 0 unspecified atom stereocenters. The van der Waals surface area contributed by atoms with Crippen LogP contribution in [-0.4, -0.2) is 30.2 Å². The third-order valence-electron chi connectivity index (χ3n) is 2.82. The van der Waals surface area contributed by atoms with Crippen molar-refractivity contribution < 1.29 is 19.1 Å². The number of hydrogen-bond donors (Lipinski definition) is 2. The summed E-state index contributed by atoms with van der Waals surface area (Å²) in [7, 11) is 1.39. The third-order valence-corrected chi connectivity index (χ3v) is 2.82. The Bertz CT molecular complexity index is 491. The number of carbonyl (C=O) groups excluding carboxylic acids is 1. The number of carbonyl (C=O) groups is 2. The van der Waals surface area contributed by atoms with Gasteiger partial charge in [-0.2, -0.15) is 0 Å². The number of hydrogen-bond acceptors (Lipinski definition) is 2. The molecule has 0 heterocycles. The van der Waals surface area contributed by atoms with Gasteiger partial charge in [0.1, 0.15) is 11.9 Å². The van der Waals surface area contributed by atoms with Crippen LogP contribution < -0.4 is 10.2 Å². The van der Waals surface area contributed by atoms with Crippen molar-refractivity contribution in [3.8, 4) is 0 Å². The Morgan fingerprint density at radius 2 is 1.95 bits per heavy atom. The zero-order chi connectivity index (χ0) is 15.3. The average Bonchev–Trinajstić information content (AvgIpc) is 2.37. The lowest BCUT2D eigenvalue weighted by Crippen LogP contribution is -2.47. The summed E-state index contributed by atoms with van der Waals surface area (Å²) in [5, 5.41) is 11.5. The highest BCUT2D eigenvalue weighted by atomic mass is 19.1. The van der Waals surface area contributed by atoms with Gasteiger partial charge in [-0.15, -0.1) is 0 Å². The first-order valence-corrected chi connectivity index (χ1v) is 6.34. The van der Waals surface area contributed by atoms with Gasteiger partial charge in [0, 0.05) is 7.05 Å². The lowest BCUT2D eigenvalue weighted by molar-refractivity contribution is -0.139. The van der Waals surface area contributed by atoms with Gasteiger partial charge in [0.2, 0.25) is 0 Å². The number of nitrogens with one attached hydrogen (secondary N) is 1. The topological polar surface area (TPSA) is 69.6 Å². The van der Waals surface area contributed by atoms with E-state index in [0.29, 0.717) is 6.42 Å². The number of rotatable bonds is 5. The zero-order valence-electron chi connectivity index (χ0n) is 11.8. The van der Waals surface area contributed by atoms with E-state index in [1.54, 1.807) is 6.07 Å². The number of nitrogens with zero attached hydrogens (tertiary/aromatic N) is 1. The number of amides is 2. The van der Waals surface area contributed by atoms with Crippen LogP contribution in [0.1, 0.15) is 20.3 Å². The maximum absolute atomic E-state index is 13.6. The van der Waals surface area contributed by atoms with Crippen molar-refractivity contribution in [1.82, 2.24) is 5.32 Å². The second-order valence-corrected chi connectivity index (χ2v) is 4.98. The van der Waals surface area contributed by atoms with Crippen molar-refractivity contribution in [1.29, 1.82) is 0 Å². The van der Waals surface area contributed by atoms with Crippen molar-refractivity contribution in [2.45, 2.75) is 26.3 Å². The van der Waals surface area contributed by atoms with Gasteiger partial charge in [-0.05, 0) is 24.5 Å². The molecular weight excluding hydrogens is 263 g/mol. The van der Waals surface area contributed by atoms with Crippen molar-refractivity contribution in [2.75, 3.05) is 11.9 Å². The van der Waals surface area contributed by atoms with Gasteiger partial charge in [0.05, 0.1) is 5.69 Å². The summed E-state index contributed by atoms with van der Waals surface area (Å²) in [4.78, 5) is 24.1. The third kappa shape index (κ3) is 4.22. The summed E-state index contributed by atoms with van der Waals surface area (Å²) >= 11 is 0. The van der Waals surface area contributed by atoms with Crippen LogP contribution in [0.15, 0.2) is 24.3 Å². The van der Waals surface area contributed by atoms with Crippen LogP contribution in [-0.2, 0) is 4.79 Å². The molecule has 0 aliphatic carbocycles. The number of benzene rings is 1. The fourth-order valence-electron chi connectivity index (χ4n) is 1.77. The van der Waals surface area contributed by atoms with Crippen LogP contribution in [0.5, 0.6) is 0 Å². The van der Waals surface area contributed by atoms with E-state index in [-0.39, 0.29) is 11.6 Å². The summed E-state index contributed by atoms with van der Waals surface area (Å²) in [6.07, 6.45) is 0.312. The number of aliphatic carboxylic acids is 1. The molecule has 0 saturated heterocycles. The number of carboxylic acid groups (broad SMARTS) is 1. The molecule has 0 aromatic heterocycles. The van der Waals surface area contributed by atoms with Crippen molar-refractivity contribution in [3.05, 3.63) is 30.1 Å². The lowest BCUT2D eigenvalue weighted by Gasteiger charge is -2.22. The SMILES string of the molecule is CC(C)C[C@H](NC(=O)N(C)c1ccccc1F)C(=O)O. The molecule has 2 amide bonds. The molecule has 0 saturated carbocycles. The fraction of sp³-hybridized carbons (Fsp3) is 0.429. The predicted octanol–water partition coefficient (Wildman–Crippen LogP) is 2.47. The van der Waals surface area contributed by atoms with E-state index in [4.69, 9.17) is 5.11 Å². The molecule has 0 bridgehead atoms. The van der Waals surface area contributed by atoms with Crippen LogP contribution in [0.2, 0.25) is 0 Å². The van der Waals surface area contributed by atoms with Gasteiger partial charge >= 0.3 is 12.0 Å². The van der Waals surface area contributed by atoms with Crippen LogP contribution in [0.25, 0.3) is 0 Å². The van der Waals surface area contributed by atoms with Gasteiger partial charge in [-0.25, -0.2) is 14.0 Å². The van der Waals surface area contributed by atoms with Gasteiger partial charge in [0.15, 0.2) is 0 Å². The zero-order valence-corrected chi connectivity index (χ0v) is 11.8. The Kier molecular flexibility index (Phi) is 5.49. The molecule has 110 valence electrons. The molecule has 5 nitrogen and oxygen atoms in total. The maximum Gasteiger partial charge on any atom is 0.326 e. The molecular formula is C14H19FN2O3. The molecule has 2 N–H and O–H groups in total. The number of carboxylic acids is 1. The molecule has 1 aromatic carbocycles. The molecule has 0 spiro atoms. The molecule has 20 heavy (non-hydrogen) atoms. The predicted molar refractivity (Wildman–Crippen MR) is 74.2 cm³/mol. The molecule has 0 aliphatic rings. The van der Waals surface area contributed by atoms with Gasteiger partial charge < -0.3 is 10.4 Å². The van der Waals surface area contributed by atoms with Crippen molar-refractivity contribution >= 4 is 17.7 Å². The summed E-state index contributed by atoms with van der Waals surface area (Å²) in [6, 6.07) is 4.17. The molecule has 1 aromatic rings. The smallest absolute Gasteiger partial charge is 0.326 e. The van der Waals surface area contributed by atoms with Gasteiger partial charge in [-0.3, -0.25) is 4.90 Å². The number of anilines is 1. The Morgan fingerprint density at radius 3 is 2.45 bits per heavy atom. The summed E-state index contributed by atoms with van der Waals surface area (Å²) in [6.45, 7) is 3.73. The van der Waals surface area contributed by atoms with Gasteiger partial charge in [0.25, 0.3) is 0 Å². The van der Waals surface area contributed by atoms with Crippen LogP contribution >= 0.6 is 0 Å². The average molecular weight is 282 g/mol. The van der Waals surface area contributed by atoms with E-state index < -0.39 is 23.9 Å². The Balaban J connectivity index is 2.79. The number of para-hydroxylation sites is 1. The Hall–Kier alpha value is -2.11. The summed E-state index contributed by atoms with van der Waals surface area (Å²) in [5.74, 6) is -1.52. The van der Waals surface area contributed by atoms with Crippen molar-refractivity contribution in [3.63, 3.8) is 0 Å². The second-order valence-electron chi connectivity index (χ2n) is 4.98. The normalized spacial score (nSPS) is 12.1. The Morgan fingerprint density at radius 1 is 1.35 bits per heavy atom. The number of halogens is 1. The monoisotopic (exact) mass is 282 g/mol. The number of urea groups is 1. The van der Waals surface area contributed by atoms with E-state index in [0.717, 1.165) is 4.90 Å². The van der Waals surface area contributed by atoms with Gasteiger partial charge in [-0.1, -0.05) is 26.0 Å². The summed E-state index contributed by atoms with van der Waals surface area (Å²) < 4.78 is 13.6. The quantitative estimate of drug-likeness (QED) is 0.871. The standard InChI is InChI=1S/C14H19FN2O3/c1-9(2)8-11(13(18)19)16-14(20)17(3)12-7-5-4-6-10(12)15/h4-7,9,11H,8H2,1-3H3,(H,16,20)(H,18,19)/t11-/m0/s1. The van der Waals surface area contributed by atoms with E-state index in [2.05, 4.69) is 5.32 Å². The Labute approximate surface area is 117 Å². The highest BCUT2D eigenvalue weighted by Gasteiger charge is 2.23. The lowest BCUT2D eigenvalue weighted by atomic mass is 10.0. The first-order valence-electron chi connectivity index (χ1n) is 6.34. The van der Waals surface area contributed by atoms with E-state index in [1.165, 1.54) is 25.2 Å². The van der Waals surface area contributed by atoms with E-state index in [1.807, 2.05) is 13.8 Å². The van der Waals surface area contributed by atoms with E-state index in [9.17, 15) is 14.0 Å². The summed E-state index contributed by atoms with van der Waals surface area (Å²) in [5.41, 5.74) is 0.0960. The molecule has 0 radical (unpaired) electrons. The minimum atomic E-state index is -1.10. The van der Waals surface area contributed by atoms with Crippen LogP contribution in [0.3, 0.4) is 0 Å². The van der Waals surface area contributed by atoms with Crippen LogP contribution in [0.4, 0.5) is 14.9 Å². The molecule has 1 rings (SSSR count).